The minimum absolute atomic E-state index is 0.281. The number of aromatic nitrogens is 2. The summed E-state index contributed by atoms with van der Waals surface area (Å²) >= 11 is 0. The lowest BCUT2D eigenvalue weighted by molar-refractivity contribution is 0.169. The molecule has 1 atom stereocenters. The Kier molecular flexibility index (Phi) is 2.73. The Morgan fingerprint density at radius 3 is 3.18 bits per heavy atom. The number of hydrogen-bond donors (Lipinski definition) is 2. The van der Waals surface area contributed by atoms with E-state index in [0.717, 1.165) is 41.9 Å². The first-order chi connectivity index (χ1) is 8.34. The van der Waals surface area contributed by atoms with E-state index in [-0.39, 0.29) is 6.10 Å². The van der Waals surface area contributed by atoms with Crippen LogP contribution in [-0.4, -0.2) is 29.4 Å². The first kappa shape index (κ1) is 10.6. The van der Waals surface area contributed by atoms with Gasteiger partial charge in [0.2, 0.25) is 0 Å². The summed E-state index contributed by atoms with van der Waals surface area (Å²) in [5.41, 5.74) is 2.04. The van der Waals surface area contributed by atoms with Gasteiger partial charge < -0.3 is 10.1 Å². The van der Waals surface area contributed by atoms with Crippen LogP contribution in [0.4, 0.5) is 0 Å². The zero-order chi connectivity index (χ0) is 11.7. The third-order valence-electron chi connectivity index (χ3n) is 3.27. The number of aromatic amines is 1. The van der Waals surface area contributed by atoms with E-state index in [2.05, 4.69) is 15.5 Å². The smallest absolute Gasteiger partial charge is 0.131 e. The molecular weight excluding hydrogens is 214 g/mol. The van der Waals surface area contributed by atoms with Crippen LogP contribution in [0.3, 0.4) is 0 Å². The molecule has 17 heavy (non-hydrogen) atoms. The second kappa shape index (κ2) is 4.37. The number of hydrogen-bond acceptors (Lipinski definition) is 3. The van der Waals surface area contributed by atoms with Gasteiger partial charge in [-0.15, -0.1) is 0 Å². The fourth-order valence-electron chi connectivity index (χ4n) is 2.39. The zero-order valence-electron chi connectivity index (χ0n) is 9.99. The van der Waals surface area contributed by atoms with Crippen LogP contribution in [0.5, 0.6) is 5.75 Å². The number of benzene rings is 1. The fraction of sp³-hybridized carbons (Fsp3) is 0.462. The van der Waals surface area contributed by atoms with Gasteiger partial charge in [-0.05, 0) is 38.4 Å². The first-order valence-corrected chi connectivity index (χ1v) is 6.15. The van der Waals surface area contributed by atoms with Crippen LogP contribution in [-0.2, 0) is 0 Å². The maximum absolute atomic E-state index is 6.09. The highest BCUT2D eigenvalue weighted by atomic mass is 16.5. The summed E-state index contributed by atoms with van der Waals surface area (Å²) in [5, 5.41) is 11.7. The molecule has 1 aliphatic heterocycles. The van der Waals surface area contributed by atoms with Crippen molar-refractivity contribution in [1.82, 2.24) is 15.5 Å². The van der Waals surface area contributed by atoms with Crippen molar-refractivity contribution in [2.24, 2.45) is 0 Å². The molecule has 1 aliphatic rings. The molecule has 1 unspecified atom stereocenters. The second-order valence-electron chi connectivity index (χ2n) is 4.59. The average molecular weight is 231 g/mol. The summed E-state index contributed by atoms with van der Waals surface area (Å²) in [6.45, 7) is 4.07. The second-order valence-corrected chi connectivity index (χ2v) is 4.59. The van der Waals surface area contributed by atoms with E-state index in [1.165, 1.54) is 6.42 Å². The van der Waals surface area contributed by atoms with Gasteiger partial charge in [0.15, 0.2) is 0 Å². The topological polar surface area (TPSA) is 49.9 Å². The highest BCUT2D eigenvalue weighted by Crippen LogP contribution is 2.28. The molecule has 1 aromatic carbocycles. The summed E-state index contributed by atoms with van der Waals surface area (Å²) in [6, 6.07) is 6.03. The van der Waals surface area contributed by atoms with Crippen LogP contribution in [0.1, 0.15) is 18.5 Å². The van der Waals surface area contributed by atoms with Crippen LogP contribution in [0.15, 0.2) is 18.2 Å². The molecule has 2 N–H and O–H groups in total. The molecule has 0 aliphatic carbocycles. The lowest BCUT2D eigenvalue weighted by atomic mass is 10.1. The quantitative estimate of drug-likeness (QED) is 0.831. The summed E-state index contributed by atoms with van der Waals surface area (Å²) in [5.74, 6) is 0.947. The van der Waals surface area contributed by atoms with Crippen LogP contribution < -0.4 is 10.1 Å². The molecule has 1 saturated heterocycles. The molecule has 2 heterocycles. The SMILES string of the molecule is Cc1[nH]nc2cccc(OC3CCCNC3)c12. The van der Waals surface area contributed by atoms with Gasteiger partial charge in [-0.1, -0.05) is 6.07 Å². The van der Waals surface area contributed by atoms with Gasteiger partial charge >= 0.3 is 0 Å². The predicted molar refractivity (Wildman–Crippen MR) is 67.4 cm³/mol. The average Bonchev–Trinajstić information content (AvgIpc) is 2.74. The molecule has 0 amide bonds. The lowest BCUT2D eigenvalue weighted by Crippen LogP contribution is -2.37. The van der Waals surface area contributed by atoms with Crippen LogP contribution in [0, 0.1) is 6.92 Å². The largest absolute Gasteiger partial charge is 0.488 e. The van der Waals surface area contributed by atoms with E-state index >= 15 is 0 Å². The number of piperidine rings is 1. The number of nitrogens with one attached hydrogen (secondary N) is 2. The number of rotatable bonds is 2. The van der Waals surface area contributed by atoms with E-state index in [4.69, 9.17) is 4.74 Å². The standard InChI is InChI=1S/C13H17N3O/c1-9-13-11(16-15-9)5-2-6-12(13)17-10-4-3-7-14-8-10/h2,5-6,10,14H,3-4,7-8H2,1H3,(H,15,16). The van der Waals surface area contributed by atoms with Crippen molar-refractivity contribution < 1.29 is 4.74 Å². The highest BCUT2D eigenvalue weighted by molar-refractivity contribution is 5.87. The minimum Gasteiger partial charge on any atom is -0.488 e. The number of nitrogens with zero attached hydrogens (tertiary/aromatic N) is 1. The zero-order valence-corrected chi connectivity index (χ0v) is 9.99. The number of H-pyrrole nitrogens is 1. The Hall–Kier alpha value is -1.55. The Bertz CT molecular complexity index is 514. The fourth-order valence-corrected chi connectivity index (χ4v) is 2.39. The minimum atomic E-state index is 0.281. The molecule has 1 aromatic heterocycles. The van der Waals surface area contributed by atoms with Gasteiger partial charge in [0.05, 0.1) is 10.9 Å². The van der Waals surface area contributed by atoms with E-state index in [1.54, 1.807) is 0 Å². The molecule has 0 saturated carbocycles. The maximum Gasteiger partial charge on any atom is 0.131 e. The molecule has 1 fully saturated rings. The maximum atomic E-state index is 6.09. The number of fused-ring (bicyclic) bond motifs is 1. The van der Waals surface area contributed by atoms with Crippen molar-refractivity contribution in [2.75, 3.05) is 13.1 Å². The van der Waals surface area contributed by atoms with Crippen LogP contribution in [0.2, 0.25) is 0 Å². The molecule has 4 nitrogen and oxygen atoms in total. The Morgan fingerprint density at radius 1 is 1.41 bits per heavy atom. The first-order valence-electron chi connectivity index (χ1n) is 6.15. The Morgan fingerprint density at radius 2 is 2.35 bits per heavy atom. The predicted octanol–water partition coefficient (Wildman–Crippen LogP) is 2.00. The monoisotopic (exact) mass is 231 g/mol. The van der Waals surface area contributed by atoms with Gasteiger partial charge in [0.25, 0.3) is 0 Å². The number of aryl methyl sites for hydroxylation is 1. The van der Waals surface area contributed by atoms with Gasteiger partial charge in [-0.3, -0.25) is 5.10 Å². The van der Waals surface area contributed by atoms with Gasteiger partial charge in [-0.2, -0.15) is 5.10 Å². The third-order valence-corrected chi connectivity index (χ3v) is 3.27. The van der Waals surface area contributed by atoms with Crippen molar-refractivity contribution >= 4 is 10.9 Å². The van der Waals surface area contributed by atoms with Gasteiger partial charge in [0, 0.05) is 12.2 Å². The molecule has 0 spiro atoms. The molecular formula is C13H17N3O. The lowest BCUT2D eigenvalue weighted by Gasteiger charge is -2.24. The Labute approximate surface area is 100 Å². The summed E-state index contributed by atoms with van der Waals surface area (Å²) in [7, 11) is 0. The van der Waals surface area contributed by atoms with Crippen molar-refractivity contribution in [3.05, 3.63) is 23.9 Å². The van der Waals surface area contributed by atoms with E-state index in [9.17, 15) is 0 Å². The normalized spacial score (nSPS) is 20.6. The molecule has 0 bridgehead atoms. The van der Waals surface area contributed by atoms with E-state index < -0.39 is 0 Å². The van der Waals surface area contributed by atoms with Gasteiger partial charge in [-0.25, -0.2) is 0 Å². The summed E-state index contributed by atoms with van der Waals surface area (Å²) < 4.78 is 6.09. The Balaban J connectivity index is 1.91. The number of ether oxygens (including phenoxy) is 1. The van der Waals surface area contributed by atoms with E-state index in [0.29, 0.717) is 0 Å². The van der Waals surface area contributed by atoms with Crippen LogP contribution in [0.25, 0.3) is 10.9 Å². The third kappa shape index (κ3) is 2.00. The molecule has 4 heteroatoms. The summed E-state index contributed by atoms with van der Waals surface area (Å²) in [4.78, 5) is 0. The molecule has 2 aromatic rings. The van der Waals surface area contributed by atoms with Crippen molar-refractivity contribution in [3.63, 3.8) is 0 Å². The van der Waals surface area contributed by atoms with Crippen molar-refractivity contribution in [3.8, 4) is 5.75 Å². The highest BCUT2D eigenvalue weighted by Gasteiger charge is 2.16. The van der Waals surface area contributed by atoms with Crippen molar-refractivity contribution in [2.45, 2.75) is 25.9 Å². The van der Waals surface area contributed by atoms with Crippen molar-refractivity contribution in [1.29, 1.82) is 0 Å². The summed E-state index contributed by atoms with van der Waals surface area (Å²) in [6.07, 6.45) is 2.59. The van der Waals surface area contributed by atoms with E-state index in [1.807, 2.05) is 25.1 Å². The molecule has 90 valence electrons. The molecule has 3 rings (SSSR count). The van der Waals surface area contributed by atoms with Gasteiger partial charge in [0.1, 0.15) is 11.9 Å². The molecule has 0 radical (unpaired) electrons. The van der Waals surface area contributed by atoms with Crippen LogP contribution >= 0.6 is 0 Å².